The number of hydrazone groups is 1. The molecule has 0 unspecified atom stereocenters. The molecule has 0 bridgehead atoms. The van der Waals surface area contributed by atoms with Gasteiger partial charge >= 0.3 is 0 Å². The zero-order valence-electron chi connectivity index (χ0n) is 16.1. The summed E-state index contributed by atoms with van der Waals surface area (Å²) < 4.78 is 16.8. The number of methoxy groups -OCH3 is 1. The highest BCUT2D eigenvalue weighted by atomic mass is 16.5. The molecule has 0 aliphatic heterocycles. The molecule has 0 aliphatic carbocycles. The van der Waals surface area contributed by atoms with Gasteiger partial charge in [0, 0.05) is 11.1 Å². The summed E-state index contributed by atoms with van der Waals surface area (Å²) >= 11 is 0. The third kappa shape index (κ3) is 5.84. The number of ether oxygens (including phenoxy) is 3. The maximum atomic E-state index is 12.0. The molecule has 0 saturated heterocycles. The summed E-state index contributed by atoms with van der Waals surface area (Å²) in [6.45, 7) is 0.704. The summed E-state index contributed by atoms with van der Waals surface area (Å²) in [5.41, 5.74) is 3.80. The van der Waals surface area contributed by atoms with Crippen LogP contribution in [0.4, 0.5) is 0 Å². The molecular weight excluding hydrogens is 368 g/mol. The Labute approximate surface area is 169 Å². The van der Waals surface area contributed by atoms with Gasteiger partial charge in [-0.15, -0.1) is 0 Å². The van der Waals surface area contributed by atoms with Gasteiger partial charge in [-0.1, -0.05) is 42.5 Å². The topological polar surface area (TPSA) is 69.2 Å². The fourth-order valence-corrected chi connectivity index (χ4v) is 2.57. The lowest BCUT2D eigenvalue weighted by molar-refractivity contribution is 0.0955. The predicted octanol–water partition coefficient (Wildman–Crippen LogP) is 3.92. The first-order valence-electron chi connectivity index (χ1n) is 9.14. The van der Waals surface area contributed by atoms with Gasteiger partial charge in [0.25, 0.3) is 5.91 Å². The summed E-state index contributed by atoms with van der Waals surface area (Å²) in [4.78, 5) is 12.0. The number of rotatable bonds is 9. The zero-order valence-corrected chi connectivity index (χ0v) is 16.1. The summed E-state index contributed by atoms with van der Waals surface area (Å²) in [6.07, 6.45) is 1.55. The first-order valence-corrected chi connectivity index (χ1v) is 9.14. The van der Waals surface area contributed by atoms with Crippen molar-refractivity contribution in [3.63, 3.8) is 0 Å². The van der Waals surface area contributed by atoms with Crippen molar-refractivity contribution in [2.75, 3.05) is 20.3 Å². The van der Waals surface area contributed by atoms with Gasteiger partial charge in [0.1, 0.15) is 19.0 Å². The molecule has 6 nitrogen and oxygen atoms in total. The van der Waals surface area contributed by atoms with Crippen LogP contribution in [0.2, 0.25) is 0 Å². The monoisotopic (exact) mass is 390 g/mol. The zero-order chi connectivity index (χ0) is 20.3. The fraction of sp³-hybridized carbons (Fsp3) is 0.130. The van der Waals surface area contributed by atoms with E-state index in [9.17, 15) is 4.79 Å². The summed E-state index contributed by atoms with van der Waals surface area (Å²) in [5, 5.41) is 4.02. The molecule has 0 heterocycles. The molecule has 0 radical (unpaired) electrons. The van der Waals surface area contributed by atoms with Gasteiger partial charge in [-0.25, -0.2) is 5.43 Å². The van der Waals surface area contributed by atoms with E-state index in [-0.39, 0.29) is 5.91 Å². The summed E-state index contributed by atoms with van der Waals surface area (Å²) in [5.74, 6) is 1.71. The highest BCUT2D eigenvalue weighted by Gasteiger charge is 2.05. The molecule has 3 rings (SSSR count). The molecule has 0 aliphatic rings. The van der Waals surface area contributed by atoms with Crippen LogP contribution in [0.25, 0.3) is 0 Å². The van der Waals surface area contributed by atoms with Crippen molar-refractivity contribution < 1.29 is 19.0 Å². The predicted molar refractivity (Wildman–Crippen MR) is 112 cm³/mol. The summed E-state index contributed by atoms with van der Waals surface area (Å²) in [6, 6.07) is 23.8. The van der Waals surface area contributed by atoms with Crippen LogP contribution in [0.15, 0.2) is 84.0 Å². The second kappa shape index (κ2) is 10.5. The van der Waals surface area contributed by atoms with Crippen LogP contribution in [0.1, 0.15) is 15.9 Å². The number of hydrogen-bond acceptors (Lipinski definition) is 5. The maximum absolute atomic E-state index is 12.0. The molecule has 0 atom stereocenters. The number of benzene rings is 3. The van der Waals surface area contributed by atoms with E-state index in [1.54, 1.807) is 37.6 Å². The molecule has 1 N–H and O–H groups in total. The van der Waals surface area contributed by atoms with Crippen molar-refractivity contribution in [1.82, 2.24) is 5.43 Å². The third-order valence-corrected chi connectivity index (χ3v) is 3.99. The number of carbonyl (C=O) groups excluding carboxylic acids is 1. The highest BCUT2D eigenvalue weighted by molar-refractivity contribution is 5.95. The molecule has 0 fully saturated rings. The molecule has 1 amide bonds. The Kier molecular flexibility index (Phi) is 7.23. The van der Waals surface area contributed by atoms with E-state index in [4.69, 9.17) is 14.2 Å². The van der Waals surface area contributed by atoms with E-state index in [0.717, 1.165) is 5.56 Å². The second-order valence-electron chi connectivity index (χ2n) is 5.95. The van der Waals surface area contributed by atoms with Crippen LogP contribution in [0.5, 0.6) is 17.2 Å². The van der Waals surface area contributed by atoms with E-state index in [1.165, 1.54) is 0 Å². The average Bonchev–Trinajstić information content (AvgIpc) is 2.78. The minimum Gasteiger partial charge on any atom is -0.493 e. The van der Waals surface area contributed by atoms with Gasteiger partial charge in [0.15, 0.2) is 11.5 Å². The highest BCUT2D eigenvalue weighted by Crippen LogP contribution is 2.25. The molecule has 6 heteroatoms. The molecule has 0 aromatic heterocycles. The van der Waals surface area contributed by atoms with E-state index in [0.29, 0.717) is 36.0 Å². The lowest BCUT2D eigenvalue weighted by Crippen LogP contribution is -2.17. The van der Waals surface area contributed by atoms with Crippen molar-refractivity contribution in [3.8, 4) is 17.2 Å². The van der Waals surface area contributed by atoms with Gasteiger partial charge < -0.3 is 14.2 Å². The Hall–Kier alpha value is -3.80. The van der Waals surface area contributed by atoms with E-state index in [2.05, 4.69) is 10.5 Å². The van der Waals surface area contributed by atoms with Crippen LogP contribution in [0.3, 0.4) is 0 Å². The van der Waals surface area contributed by atoms with Crippen LogP contribution in [-0.2, 0) is 0 Å². The molecule has 3 aromatic rings. The minimum atomic E-state index is -0.273. The average molecular weight is 390 g/mol. The number of nitrogens with one attached hydrogen (secondary N) is 1. The van der Waals surface area contributed by atoms with Crippen molar-refractivity contribution >= 4 is 12.1 Å². The van der Waals surface area contributed by atoms with E-state index in [1.807, 2.05) is 54.6 Å². The largest absolute Gasteiger partial charge is 0.493 e. The maximum Gasteiger partial charge on any atom is 0.271 e. The van der Waals surface area contributed by atoms with Crippen molar-refractivity contribution in [1.29, 1.82) is 0 Å². The first-order chi connectivity index (χ1) is 14.3. The van der Waals surface area contributed by atoms with Gasteiger partial charge in [0.05, 0.1) is 13.3 Å². The molecule has 148 valence electrons. The fourth-order valence-electron chi connectivity index (χ4n) is 2.57. The van der Waals surface area contributed by atoms with Gasteiger partial charge in [-0.05, 0) is 36.4 Å². The van der Waals surface area contributed by atoms with Crippen LogP contribution in [0, 0.1) is 0 Å². The van der Waals surface area contributed by atoms with Gasteiger partial charge in [-0.2, -0.15) is 5.10 Å². The molecule has 0 saturated carbocycles. The smallest absolute Gasteiger partial charge is 0.271 e. The van der Waals surface area contributed by atoms with E-state index < -0.39 is 0 Å². The first kappa shape index (κ1) is 19.9. The number of carbonyl (C=O) groups is 1. The number of hydrogen-bond donors (Lipinski definition) is 1. The Morgan fingerprint density at radius 1 is 0.828 bits per heavy atom. The number of para-hydroxylation sites is 3. The normalized spacial score (nSPS) is 10.5. The van der Waals surface area contributed by atoms with Crippen LogP contribution >= 0.6 is 0 Å². The number of amides is 1. The molecule has 29 heavy (non-hydrogen) atoms. The lowest BCUT2D eigenvalue weighted by Gasteiger charge is -2.12. The summed E-state index contributed by atoms with van der Waals surface area (Å²) in [7, 11) is 1.60. The van der Waals surface area contributed by atoms with Gasteiger partial charge in [0.2, 0.25) is 0 Å². The van der Waals surface area contributed by atoms with Crippen molar-refractivity contribution in [3.05, 3.63) is 90.0 Å². The molecular formula is C23H22N2O4. The van der Waals surface area contributed by atoms with Gasteiger partial charge in [-0.3, -0.25) is 4.79 Å². The van der Waals surface area contributed by atoms with E-state index >= 15 is 0 Å². The van der Waals surface area contributed by atoms with Crippen molar-refractivity contribution in [2.24, 2.45) is 5.10 Å². The quantitative estimate of drug-likeness (QED) is 0.342. The molecule has 0 spiro atoms. The Balaban J connectivity index is 1.53. The Morgan fingerprint density at radius 3 is 2.14 bits per heavy atom. The van der Waals surface area contributed by atoms with Crippen LogP contribution < -0.4 is 19.6 Å². The molecule has 3 aromatic carbocycles. The lowest BCUT2D eigenvalue weighted by atomic mass is 10.2. The third-order valence-electron chi connectivity index (χ3n) is 3.99. The second-order valence-corrected chi connectivity index (χ2v) is 5.95. The standard InChI is InChI=1S/C23H22N2O4/c1-27-21-13-7-8-14-22(21)29-16-15-28-20-12-6-5-11-19(20)17-24-25-23(26)18-9-3-2-4-10-18/h2-14,17H,15-16H2,1H3,(H,25,26). The van der Waals surface area contributed by atoms with Crippen molar-refractivity contribution in [2.45, 2.75) is 0 Å². The number of nitrogens with zero attached hydrogens (tertiary/aromatic N) is 1. The minimum absolute atomic E-state index is 0.273. The Bertz CT molecular complexity index is 958. The Morgan fingerprint density at radius 2 is 1.41 bits per heavy atom. The SMILES string of the molecule is COc1ccccc1OCCOc1ccccc1C=NNC(=O)c1ccccc1. The van der Waals surface area contributed by atoms with Crippen LogP contribution in [-0.4, -0.2) is 32.4 Å².